The van der Waals surface area contributed by atoms with Gasteiger partial charge in [-0.25, -0.2) is 0 Å². The van der Waals surface area contributed by atoms with E-state index in [1.807, 2.05) is 16.7 Å². The van der Waals surface area contributed by atoms with E-state index in [1.54, 1.807) is 6.33 Å². The zero-order valence-electron chi connectivity index (χ0n) is 8.04. The molecule has 3 nitrogen and oxygen atoms in total. The number of benzene rings is 1. The predicted octanol–water partition coefficient (Wildman–Crippen LogP) is 1.99. The maximum absolute atomic E-state index is 4.06. The molecule has 2 aromatic heterocycles. The molecule has 0 saturated carbocycles. The van der Waals surface area contributed by atoms with E-state index in [9.17, 15) is 0 Å². The van der Waals surface area contributed by atoms with Crippen molar-refractivity contribution in [3.05, 3.63) is 42.4 Å². The normalized spacial score (nSPS) is 10.5. The summed E-state index contributed by atoms with van der Waals surface area (Å²) in [4.78, 5) is 0. The monoisotopic (exact) mass is 377 g/mol. The minimum Gasteiger partial charge on any atom is -0.330 e. The molecule has 0 amide bonds. The molecule has 78 valence electrons. The van der Waals surface area contributed by atoms with Gasteiger partial charge in [0, 0.05) is 21.1 Å². The molecule has 4 heteroatoms. The summed E-state index contributed by atoms with van der Waals surface area (Å²) in [5.74, 6) is 0. The molecule has 3 rings (SSSR count). The first kappa shape index (κ1) is 10.3. The standard InChI is InChI=1S/C11H8N3.Pt/c1-8-2-3-10-9(6-8)4-5-14-7-12-13-11(10)14;/h2,4-7H,1H3;/q-1;. The van der Waals surface area contributed by atoms with Crippen molar-refractivity contribution in [2.75, 3.05) is 0 Å². The van der Waals surface area contributed by atoms with Crippen molar-refractivity contribution in [2.24, 2.45) is 0 Å². The van der Waals surface area contributed by atoms with Crippen LogP contribution in [0.25, 0.3) is 16.4 Å². The first-order valence-electron chi connectivity index (χ1n) is 4.45. The number of hydrogen-bond donors (Lipinski definition) is 0. The van der Waals surface area contributed by atoms with Gasteiger partial charge in [0.25, 0.3) is 0 Å². The van der Waals surface area contributed by atoms with Crippen LogP contribution in [0.4, 0.5) is 0 Å². The van der Waals surface area contributed by atoms with Crippen LogP contribution in [0.1, 0.15) is 5.56 Å². The number of nitrogens with zero attached hydrogens (tertiary/aromatic N) is 3. The zero-order chi connectivity index (χ0) is 9.54. The summed E-state index contributed by atoms with van der Waals surface area (Å²) in [7, 11) is 0. The minimum absolute atomic E-state index is 0. The predicted molar refractivity (Wildman–Crippen MR) is 54.1 cm³/mol. The van der Waals surface area contributed by atoms with Gasteiger partial charge in [-0.15, -0.1) is 34.2 Å². The number of aromatic nitrogens is 3. The van der Waals surface area contributed by atoms with Gasteiger partial charge in [0.05, 0.1) is 5.65 Å². The van der Waals surface area contributed by atoms with Crippen LogP contribution in [-0.4, -0.2) is 14.6 Å². The van der Waals surface area contributed by atoms with Crippen molar-refractivity contribution in [1.82, 2.24) is 14.6 Å². The number of pyridine rings is 1. The molecule has 0 atom stereocenters. The Morgan fingerprint density at radius 3 is 3.13 bits per heavy atom. The van der Waals surface area contributed by atoms with E-state index in [-0.39, 0.29) is 21.1 Å². The van der Waals surface area contributed by atoms with Crippen LogP contribution in [0.15, 0.2) is 30.7 Å². The number of fused-ring (bicyclic) bond motifs is 3. The van der Waals surface area contributed by atoms with Crippen molar-refractivity contribution in [1.29, 1.82) is 0 Å². The van der Waals surface area contributed by atoms with Crippen molar-refractivity contribution < 1.29 is 21.1 Å². The third-order valence-corrected chi connectivity index (χ3v) is 2.33. The largest absolute Gasteiger partial charge is 0.330 e. The fourth-order valence-electron chi connectivity index (χ4n) is 1.64. The first-order chi connectivity index (χ1) is 6.84. The Balaban J connectivity index is 0.000000853. The Hall–Kier alpha value is -1.21. The molecule has 0 saturated heterocycles. The summed E-state index contributed by atoms with van der Waals surface area (Å²) >= 11 is 0. The fraction of sp³-hybridized carbons (Fsp3) is 0.0909. The number of aryl methyl sites for hydroxylation is 1. The first-order valence-corrected chi connectivity index (χ1v) is 4.45. The van der Waals surface area contributed by atoms with E-state index in [4.69, 9.17) is 0 Å². The quantitative estimate of drug-likeness (QED) is 0.561. The van der Waals surface area contributed by atoms with Gasteiger partial charge in [-0.3, -0.25) is 0 Å². The second kappa shape index (κ2) is 3.74. The van der Waals surface area contributed by atoms with Gasteiger partial charge in [-0.05, 0) is 6.20 Å². The Labute approximate surface area is 101 Å². The molecule has 3 aromatic rings. The summed E-state index contributed by atoms with van der Waals surface area (Å²) in [6, 6.07) is 9.37. The summed E-state index contributed by atoms with van der Waals surface area (Å²) in [5.41, 5.74) is 2.07. The van der Waals surface area contributed by atoms with E-state index in [1.165, 1.54) is 5.56 Å². The molecule has 15 heavy (non-hydrogen) atoms. The molecule has 2 heterocycles. The molecule has 0 bridgehead atoms. The average Bonchev–Trinajstić information content (AvgIpc) is 2.65. The number of hydrogen-bond acceptors (Lipinski definition) is 2. The summed E-state index contributed by atoms with van der Waals surface area (Å²) in [6.45, 7) is 2.06. The molecule has 0 N–H and O–H groups in total. The van der Waals surface area contributed by atoms with Gasteiger partial charge >= 0.3 is 0 Å². The summed E-state index contributed by atoms with van der Waals surface area (Å²) in [6.07, 6.45) is 3.66. The van der Waals surface area contributed by atoms with Gasteiger partial charge in [-0.1, -0.05) is 18.4 Å². The van der Waals surface area contributed by atoms with Crippen LogP contribution in [0, 0.1) is 13.0 Å². The molecule has 1 aromatic carbocycles. The van der Waals surface area contributed by atoms with Gasteiger partial charge in [0.2, 0.25) is 0 Å². The fourth-order valence-corrected chi connectivity index (χ4v) is 1.64. The van der Waals surface area contributed by atoms with E-state index >= 15 is 0 Å². The Bertz CT molecular complexity index is 615. The smallest absolute Gasteiger partial charge is 0.114 e. The molecule has 0 unspecified atom stereocenters. The van der Waals surface area contributed by atoms with Gasteiger partial charge in [0.15, 0.2) is 0 Å². The van der Waals surface area contributed by atoms with Crippen LogP contribution in [0.2, 0.25) is 0 Å². The molecular formula is C11H8N3Pt-. The van der Waals surface area contributed by atoms with Gasteiger partial charge in [-0.2, -0.15) is 5.10 Å². The third-order valence-electron chi connectivity index (χ3n) is 2.33. The topological polar surface area (TPSA) is 30.2 Å². The van der Waals surface area contributed by atoms with Crippen LogP contribution < -0.4 is 0 Å². The molecule has 0 aliphatic carbocycles. The van der Waals surface area contributed by atoms with Crippen LogP contribution >= 0.6 is 0 Å². The van der Waals surface area contributed by atoms with Crippen molar-refractivity contribution in [3.8, 4) is 0 Å². The average molecular weight is 377 g/mol. The summed E-state index contributed by atoms with van der Waals surface area (Å²) < 4.78 is 1.90. The molecule has 0 aliphatic heterocycles. The molecular weight excluding hydrogens is 369 g/mol. The Morgan fingerprint density at radius 1 is 1.40 bits per heavy atom. The molecule has 0 radical (unpaired) electrons. The van der Waals surface area contributed by atoms with Crippen molar-refractivity contribution in [2.45, 2.75) is 6.92 Å². The molecule has 0 aliphatic rings. The van der Waals surface area contributed by atoms with E-state index in [0.29, 0.717) is 0 Å². The Morgan fingerprint density at radius 2 is 2.27 bits per heavy atom. The number of rotatable bonds is 0. The van der Waals surface area contributed by atoms with Crippen molar-refractivity contribution in [3.63, 3.8) is 0 Å². The second-order valence-corrected chi connectivity index (χ2v) is 3.38. The minimum atomic E-state index is 0. The Kier molecular flexibility index (Phi) is 2.57. The maximum Gasteiger partial charge on any atom is 0.114 e. The summed E-state index contributed by atoms with van der Waals surface area (Å²) in [5, 5.41) is 10.1. The SMILES string of the molecule is Cc1c[c-]c2c(ccn3cnnc23)c1.[Pt]. The van der Waals surface area contributed by atoms with Crippen molar-refractivity contribution >= 4 is 16.4 Å². The maximum atomic E-state index is 4.06. The van der Waals surface area contributed by atoms with E-state index < -0.39 is 0 Å². The van der Waals surface area contributed by atoms with E-state index in [2.05, 4.69) is 35.3 Å². The molecule has 0 spiro atoms. The van der Waals surface area contributed by atoms with Gasteiger partial charge in [0.1, 0.15) is 6.33 Å². The molecule has 0 fully saturated rings. The zero-order valence-corrected chi connectivity index (χ0v) is 10.3. The van der Waals surface area contributed by atoms with Crippen LogP contribution in [-0.2, 0) is 21.1 Å². The second-order valence-electron chi connectivity index (χ2n) is 3.38. The third kappa shape index (κ3) is 1.57. The van der Waals surface area contributed by atoms with E-state index in [0.717, 1.165) is 16.4 Å². The van der Waals surface area contributed by atoms with Crippen LogP contribution in [0.3, 0.4) is 0 Å². The van der Waals surface area contributed by atoms with Crippen LogP contribution in [0.5, 0.6) is 0 Å². The van der Waals surface area contributed by atoms with Gasteiger partial charge < -0.3 is 4.40 Å².